The van der Waals surface area contributed by atoms with E-state index in [2.05, 4.69) is 6.58 Å². The molecule has 2 bridgehead atoms. The molecular formula is C15H19F5O3. The first-order valence-corrected chi connectivity index (χ1v) is 7.39. The Balaban J connectivity index is 2.06. The van der Waals surface area contributed by atoms with E-state index in [9.17, 15) is 31.9 Å². The van der Waals surface area contributed by atoms with Crippen LogP contribution in [0.4, 0.5) is 22.0 Å². The number of esters is 1. The molecule has 0 aliphatic heterocycles. The summed E-state index contributed by atoms with van der Waals surface area (Å²) < 4.78 is 70.9. The summed E-state index contributed by atoms with van der Waals surface area (Å²) in [5.74, 6) is -5.99. The molecule has 0 aromatic rings. The summed E-state index contributed by atoms with van der Waals surface area (Å²) in [6, 6.07) is 0. The van der Waals surface area contributed by atoms with Crippen LogP contribution >= 0.6 is 0 Å². The van der Waals surface area contributed by atoms with Crippen LogP contribution in [0, 0.1) is 17.8 Å². The van der Waals surface area contributed by atoms with Gasteiger partial charge in [0, 0.05) is 13.0 Å². The second-order valence-corrected chi connectivity index (χ2v) is 6.62. The number of halogens is 5. The maximum absolute atomic E-state index is 13.4. The first kappa shape index (κ1) is 18.2. The molecule has 1 N–H and O–H groups in total. The zero-order valence-electron chi connectivity index (χ0n) is 12.6. The third kappa shape index (κ3) is 3.22. The van der Waals surface area contributed by atoms with Crippen molar-refractivity contribution in [3.8, 4) is 0 Å². The fourth-order valence-electron chi connectivity index (χ4n) is 3.86. The van der Waals surface area contributed by atoms with Gasteiger partial charge in [-0.3, -0.25) is 0 Å². The van der Waals surface area contributed by atoms with Crippen molar-refractivity contribution in [1.82, 2.24) is 0 Å². The van der Waals surface area contributed by atoms with Crippen molar-refractivity contribution in [3.05, 3.63) is 12.7 Å². The van der Waals surface area contributed by atoms with Gasteiger partial charge >= 0.3 is 12.1 Å². The minimum Gasteiger partial charge on any atom is -0.459 e. The van der Waals surface area contributed by atoms with Gasteiger partial charge in [-0.05, 0) is 43.4 Å². The summed E-state index contributed by atoms with van der Waals surface area (Å²) in [6.45, 7) is 3.35. The van der Waals surface area contributed by atoms with Gasteiger partial charge in [-0.25, -0.2) is 13.6 Å². The third-order valence-electron chi connectivity index (χ3n) is 5.13. The first-order valence-electron chi connectivity index (χ1n) is 7.39. The Morgan fingerprint density at radius 1 is 1.22 bits per heavy atom. The number of ether oxygens (including phenoxy) is 1. The minimum atomic E-state index is -5.41. The fourth-order valence-corrected chi connectivity index (χ4v) is 3.86. The summed E-state index contributed by atoms with van der Waals surface area (Å²) in [5, 5.41) is 9.65. The zero-order valence-corrected chi connectivity index (χ0v) is 12.6. The molecule has 2 saturated carbocycles. The van der Waals surface area contributed by atoms with E-state index >= 15 is 0 Å². The highest BCUT2D eigenvalue weighted by molar-refractivity contribution is 5.81. The normalized spacial score (nSPS) is 33.3. The monoisotopic (exact) mass is 342 g/mol. The van der Waals surface area contributed by atoms with Gasteiger partial charge in [0.05, 0.1) is 0 Å². The van der Waals surface area contributed by atoms with Crippen LogP contribution in [0.2, 0.25) is 0 Å². The first-order chi connectivity index (χ1) is 10.4. The van der Waals surface area contributed by atoms with Gasteiger partial charge in [-0.15, -0.1) is 0 Å². The van der Waals surface area contributed by atoms with Gasteiger partial charge in [-0.2, -0.15) is 13.2 Å². The van der Waals surface area contributed by atoms with Crippen LogP contribution in [-0.2, 0) is 9.53 Å². The summed E-state index contributed by atoms with van der Waals surface area (Å²) >= 11 is 0. The number of fused-ring (bicyclic) bond motifs is 2. The summed E-state index contributed by atoms with van der Waals surface area (Å²) in [4.78, 5) is 11.2. The number of aliphatic hydroxyl groups is 1. The molecule has 23 heavy (non-hydrogen) atoms. The molecule has 0 aromatic carbocycles. The Morgan fingerprint density at radius 2 is 1.83 bits per heavy atom. The Bertz CT molecular complexity index is 468. The molecule has 0 aromatic heterocycles. The lowest BCUT2D eigenvalue weighted by Crippen LogP contribution is -2.58. The Labute approximate surface area is 130 Å². The lowest BCUT2D eigenvalue weighted by atomic mass is 9.77. The number of hydrogen-bond donors (Lipinski definition) is 1. The summed E-state index contributed by atoms with van der Waals surface area (Å²) in [5.41, 5.74) is -4.04. The van der Waals surface area contributed by atoms with E-state index in [0.29, 0.717) is 12.8 Å². The molecule has 2 rings (SSSR count). The van der Waals surface area contributed by atoms with Crippen molar-refractivity contribution in [1.29, 1.82) is 0 Å². The van der Waals surface area contributed by atoms with Crippen molar-refractivity contribution in [3.63, 3.8) is 0 Å². The highest BCUT2D eigenvalue weighted by Gasteiger charge is 2.68. The predicted octanol–water partition coefficient (Wildman–Crippen LogP) is 3.47. The maximum Gasteiger partial charge on any atom is 0.423 e. The van der Waals surface area contributed by atoms with E-state index in [1.807, 2.05) is 0 Å². The molecule has 0 radical (unpaired) electrons. The van der Waals surface area contributed by atoms with E-state index < -0.39 is 42.1 Å². The molecule has 3 nitrogen and oxygen atoms in total. The van der Waals surface area contributed by atoms with Crippen molar-refractivity contribution in [2.75, 3.05) is 0 Å². The van der Waals surface area contributed by atoms with Crippen LogP contribution in [0.5, 0.6) is 0 Å². The molecule has 0 saturated heterocycles. The van der Waals surface area contributed by atoms with Crippen LogP contribution in [0.15, 0.2) is 12.7 Å². The van der Waals surface area contributed by atoms with E-state index in [-0.39, 0.29) is 25.2 Å². The predicted molar refractivity (Wildman–Crippen MR) is 70.6 cm³/mol. The van der Waals surface area contributed by atoms with Crippen LogP contribution in [0.3, 0.4) is 0 Å². The van der Waals surface area contributed by atoms with E-state index in [1.165, 1.54) is 0 Å². The molecular weight excluding hydrogens is 323 g/mol. The summed E-state index contributed by atoms with van der Waals surface area (Å²) in [7, 11) is 0. The molecule has 8 heteroatoms. The fraction of sp³-hybridized carbons (Fsp3) is 0.800. The largest absolute Gasteiger partial charge is 0.459 e. The topological polar surface area (TPSA) is 46.5 Å². The molecule has 2 aliphatic carbocycles. The number of hydrogen-bond acceptors (Lipinski definition) is 3. The van der Waals surface area contributed by atoms with Crippen molar-refractivity contribution >= 4 is 5.97 Å². The van der Waals surface area contributed by atoms with Crippen LogP contribution < -0.4 is 0 Å². The molecule has 0 spiro atoms. The lowest BCUT2D eigenvalue weighted by molar-refractivity contribution is -0.333. The minimum absolute atomic E-state index is 0.0857. The Kier molecular flexibility index (Phi) is 4.52. The van der Waals surface area contributed by atoms with Crippen LogP contribution in [-0.4, -0.2) is 34.9 Å². The quantitative estimate of drug-likeness (QED) is 0.473. The third-order valence-corrected chi connectivity index (χ3v) is 5.13. The van der Waals surface area contributed by atoms with E-state index in [0.717, 1.165) is 6.08 Å². The van der Waals surface area contributed by atoms with Gasteiger partial charge in [0.1, 0.15) is 6.10 Å². The molecule has 5 atom stereocenters. The average molecular weight is 342 g/mol. The van der Waals surface area contributed by atoms with Crippen molar-refractivity contribution in [2.45, 2.75) is 56.4 Å². The zero-order chi connectivity index (χ0) is 17.6. The van der Waals surface area contributed by atoms with Gasteiger partial charge in [0.15, 0.2) is 0 Å². The average Bonchev–Trinajstić information content (AvgIpc) is 2.95. The number of alkyl halides is 5. The van der Waals surface area contributed by atoms with Crippen LogP contribution in [0.25, 0.3) is 0 Å². The smallest absolute Gasteiger partial charge is 0.423 e. The standard InChI is InChI=1S/C15H19F5O3/c1-3-12(21)23-11-6-8-4-9(11)5-10(8)7-14(22,13(2,16)17)15(18,19)20/h3,8-11,22H,1,4-7H2,2H3. The highest BCUT2D eigenvalue weighted by Crippen LogP contribution is 2.55. The molecule has 0 amide bonds. The molecule has 5 unspecified atom stereocenters. The van der Waals surface area contributed by atoms with Gasteiger partial charge < -0.3 is 9.84 Å². The van der Waals surface area contributed by atoms with Crippen molar-refractivity contribution < 1.29 is 36.6 Å². The Morgan fingerprint density at radius 3 is 2.22 bits per heavy atom. The van der Waals surface area contributed by atoms with Crippen molar-refractivity contribution in [2.24, 2.45) is 17.8 Å². The second-order valence-electron chi connectivity index (χ2n) is 6.62. The number of carbonyl (C=O) groups is 1. The maximum atomic E-state index is 13.4. The van der Waals surface area contributed by atoms with Gasteiger partial charge in [0.2, 0.25) is 5.60 Å². The van der Waals surface area contributed by atoms with E-state index in [4.69, 9.17) is 4.74 Å². The van der Waals surface area contributed by atoms with Crippen LogP contribution in [0.1, 0.15) is 32.6 Å². The summed E-state index contributed by atoms with van der Waals surface area (Å²) in [6.07, 6.45) is -4.79. The highest BCUT2D eigenvalue weighted by atomic mass is 19.4. The number of carbonyl (C=O) groups excluding carboxylic acids is 1. The molecule has 2 aliphatic rings. The SMILES string of the molecule is C=CC(=O)OC1CC2CC1CC2CC(O)(C(C)(F)F)C(F)(F)F. The molecule has 0 heterocycles. The molecule has 2 fully saturated rings. The molecule has 132 valence electrons. The number of rotatable bonds is 5. The van der Waals surface area contributed by atoms with E-state index in [1.54, 1.807) is 0 Å². The van der Waals surface area contributed by atoms with Gasteiger partial charge in [-0.1, -0.05) is 6.58 Å². The Hall–Kier alpha value is -1.18. The lowest BCUT2D eigenvalue weighted by Gasteiger charge is -2.39. The van der Waals surface area contributed by atoms with Gasteiger partial charge in [0.25, 0.3) is 5.92 Å². The second kappa shape index (κ2) is 5.72.